The predicted octanol–water partition coefficient (Wildman–Crippen LogP) is 4.59. The van der Waals surface area contributed by atoms with Crippen LogP contribution in [0.25, 0.3) is 11.6 Å². The van der Waals surface area contributed by atoms with E-state index < -0.39 is 0 Å². The normalized spacial score (nSPS) is 17.2. The summed E-state index contributed by atoms with van der Waals surface area (Å²) in [5, 5.41) is 19.1. The Morgan fingerprint density at radius 1 is 1.15 bits per heavy atom. The van der Waals surface area contributed by atoms with Crippen LogP contribution in [0.1, 0.15) is 24.0 Å². The van der Waals surface area contributed by atoms with Gasteiger partial charge in [-0.15, -0.1) is 0 Å². The zero-order valence-electron chi connectivity index (χ0n) is 14.8. The topological polar surface area (TPSA) is 49.7 Å². The molecule has 2 N–H and O–H groups in total. The molecule has 3 heteroatoms. The first-order valence-corrected chi connectivity index (χ1v) is 8.83. The maximum atomic E-state index is 9.73. The molecule has 0 bridgehead atoms. The summed E-state index contributed by atoms with van der Waals surface area (Å²) < 4.78 is 5.81. The summed E-state index contributed by atoms with van der Waals surface area (Å²) in [5.74, 6) is 0.259. The van der Waals surface area contributed by atoms with Crippen LogP contribution in [0.5, 0.6) is 5.75 Å². The van der Waals surface area contributed by atoms with Gasteiger partial charge in [0.15, 0.2) is 0 Å². The Bertz CT molecular complexity index is 818. The number of phenolic OH excluding ortho intramolecular Hbond substituents is 1. The highest BCUT2D eigenvalue weighted by atomic mass is 16.5. The average Bonchev–Trinajstić information content (AvgIpc) is 3.14. The van der Waals surface area contributed by atoms with Gasteiger partial charge in [0.2, 0.25) is 0 Å². The minimum absolute atomic E-state index is 0.0362. The van der Waals surface area contributed by atoms with Crippen molar-refractivity contribution in [2.45, 2.75) is 18.9 Å². The van der Waals surface area contributed by atoms with E-state index in [0.29, 0.717) is 6.61 Å². The zero-order valence-corrected chi connectivity index (χ0v) is 14.8. The Kier molecular flexibility index (Phi) is 6.05. The molecule has 3 nitrogen and oxygen atoms in total. The third-order valence-electron chi connectivity index (χ3n) is 4.58. The highest BCUT2D eigenvalue weighted by Gasteiger charge is 2.22. The van der Waals surface area contributed by atoms with E-state index in [0.717, 1.165) is 35.1 Å². The van der Waals surface area contributed by atoms with Crippen LogP contribution in [0, 0.1) is 0 Å². The van der Waals surface area contributed by atoms with Gasteiger partial charge in [0.05, 0.1) is 19.3 Å². The van der Waals surface area contributed by atoms with E-state index >= 15 is 0 Å². The van der Waals surface area contributed by atoms with E-state index in [-0.39, 0.29) is 18.5 Å². The molecule has 1 atom stereocenters. The average molecular weight is 348 g/mol. The minimum Gasteiger partial charge on any atom is -0.508 e. The molecule has 0 aromatic heterocycles. The second-order valence-corrected chi connectivity index (χ2v) is 6.41. The van der Waals surface area contributed by atoms with E-state index in [1.54, 1.807) is 12.1 Å². The van der Waals surface area contributed by atoms with Gasteiger partial charge >= 0.3 is 0 Å². The Morgan fingerprint density at radius 2 is 1.96 bits per heavy atom. The number of phenols is 1. The van der Waals surface area contributed by atoms with Crippen molar-refractivity contribution in [1.82, 2.24) is 0 Å². The molecule has 2 aromatic carbocycles. The summed E-state index contributed by atoms with van der Waals surface area (Å²) >= 11 is 0. The summed E-state index contributed by atoms with van der Waals surface area (Å²) in [6.45, 7) is 4.45. The van der Waals surface area contributed by atoms with Gasteiger partial charge in [0, 0.05) is 0 Å². The van der Waals surface area contributed by atoms with Gasteiger partial charge in [0.25, 0.3) is 0 Å². The van der Waals surface area contributed by atoms with Gasteiger partial charge in [-0.1, -0.05) is 61.2 Å². The number of rotatable bonds is 7. The minimum atomic E-state index is -0.0453. The molecular weight excluding hydrogens is 324 g/mol. The predicted molar refractivity (Wildman–Crippen MR) is 106 cm³/mol. The van der Waals surface area contributed by atoms with Crippen molar-refractivity contribution in [3.63, 3.8) is 0 Å². The maximum Gasteiger partial charge on any atom is 0.116 e. The Morgan fingerprint density at radius 3 is 2.69 bits per heavy atom. The third-order valence-corrected chi connectivity index (χ3v) is 4.58. The van der Waals surface area contributed by atoms with Gasteiger partial charge in [-0.05, 0) is 52.8 Å². The summed E-state index contributed by atoms with van der Waals surface area (Å²) in [5.41, 5.74) is 5.04. The van der Waals surface area contributed by atoms with Gasteiger partial charge in [-0.3, -0.25) is 0 Å². The maximum absolute atomic E-state index is 9.73. The van der Waals surface area contributed by atoms with Crippen molar-refractivity contribution in [2.75, 3.05) is 13.2 Å². The number of aromatic hydroxyl groups is 1. The molecule has 134 valence electrons. The monoisotopic (exact) mass is 348 g/mol. The number of allylic oxidation sites excluding steroid dienone is 1. The fourth-order valence-electron chi connectivity index (χ4n) is 3.23. The van der Waals surface area contributed by atoms with Crippen molar-refractivity contribution < 1.29 is 14.9 Å². The molecule has 0 radical (unpaired) electrons. The smallest absolute Gasteiger partial charge is 0.116 e. The zero-order chi connectivity index (χ0) is 18.4. The van der Waals surface area contributed by atoms with Crippen molar-refractivity contribution >= 4 is 11.6 Å². The molecule has 1 aliphatic rings. The van der Waals surface area contributed by atoms with Crippen molar-refractivity contribution in [2.24, 2.45) is 0 Å². The van der Waals surface area contributed by atoms with E-state index in [4.69, 9.17) is 4.74 Å². The molecule has 0 saturated heterocycles. The van der Waals surface area contributed by atoms with Crippen LogP contribution in [0.3, 0.4) is 0 Å². The van der Waals surface area contributed by atoms with Gasteiger partial charge in [-0.2, -0.15) is 0 Å². The first kappa shape index (κ1) is 18.2. The highest BCUT2D eigenvalue weighted by Crippen LogP contribution is 2.30. The van der Waals surface area contributed by atoms with Crippen LogP contribution >= 0.6 is 0 Å². The molecule has 0 fully saturated rings. The van der Waals surface area contributed by atoms with Crippen molar-refractivity contribution in [1.29, 1.82) is 0 Å². The standard InChI is InChI=1S/C23H24O3/c1-17(16-24)22-12-13-26-23(22)11-10-20(19-7-3-2-4-8-19)14-18-6-5-9-21(25)15-18/h2-9,12,14-15,23-25H,1,10-11,13,16H2/b20-14-. The SMILES string of the molecule is C=C(CO)C1=CCOC1CC/C(=C/c1cccc(O)c1)c1ccccc1. The fourth-order valence-corrected chi connectivity index (χ4v) is 3.23. The van der Waals surface area contributed by atoms with E-state index in [9.17, 15) is 10.2 Å². The summed E-state index contributed by atoms with van der Waals surface area (Å²) in [7, 11) is 0. The number of hydrogen-bond acceptors (Lipinski definition) is 3. The molecule has 1 heterocycles. The third kappa shape index (κ3) is 4.51. The van der Waals surface area contributed by atoms with E-state index in [2.05, 4.69) is 24.8 Å². The lowest BCUT2D eigenvalue weighted by atomic mass is 9.93. The molecular formula is C23H24O3. The van der Waals surface area contributed by atoms with Crippen LogP contribution in [0.15, 0.2) is 78.4 Å². The molecule has 0 amide bonds. The lowest BCUT2D eigenvalue weighted by molar-refractivity contribution is 0.117. The Hall–Kier alpha value is -2.62. The quantitative estimate of drug-likeness (QED) is 0.720. The van der Waals surface area contributed by atoms with Crippen LogP contribution in [-0.4, -0.2) is 29.5 Å². The van der Waals surface area contributed by atoms with Crippen molar-refractivity contribution in [3.05, 3.63) is 89.5 Å². The molecule has 1 unspecified atom stereocenters. The number of benzene rings is 2. The Balaban J connectivity index is 1.81. The van der Waals surface area contributed by atoms with E-state index in [1.807, 2.05) is 36.4 Å². The van der Waals surface area contributed by atoms with Crippen LogP contribution in [-0.2, 0) is 4.74 Å². The summed E-state index contributed by atoms with van der Waals surface area (Å²) in [6, 6.07) is 17.5. The molecule has 0 saturated carbocycles. The summed E-state index contributed by atoms with van der Waals surface area (Å²) in [6.07, 6.45) is 5.70. The second kappa shape index (κ2) is 8.65. The molecule has 1 aliphatic heterocycles. The number of ether oxygens (including phenoxy) is 1. The van der Waals surface area contributed by atoms with Gasteiger partial charge in [0.1, 0.15) is 5.75 Å². The summed E-state index contributed by atoms with van der Waals surface area (Å²) in [4.78, 5) is 0. The second-order valence-electron chi connectivity index (χ2n) is 6.41. The fraction of sp³-hybridized carbons (Fsp3) is 0.217. The van der Waals surface area contributed by atoms with Crippen molar-refractivity contribution in [3.8, 4) is 5.75 Å². The van der Waals surface area contributed by atoms with Gasteiger partial charge < -0.3 is 14.9 Å². The molecule has 0 spiro atoms. The Labute approximate surface area is 154 Å². The highest BCUT2D eigenvalue weighted by molar-refractivity contribution is 5.81. The van der Waals surface area contributed by atoms with Crippen LogP contribution in [0.4, 0.5) is 0 Å². The first-order chi connectivity index (χ1) is 12.7. The lowest BCUT2D eigenvalue weighted by Gasteiger charge is -2.17. The number of aliphatic hydroxyl groups is 1. The molecule has 0 aliphatic carbocycles. The van der Waals surface area contributed by atoms with Gasteiger partial charge in [-0.25, -0.2) is 0 Å². The van der Waals surface area contributed by atoms with E-state index in [1.165, 1.54) is 5.57 Å². The molecule has 26 heavy (non-hydrogen) atoms. The molecule has 3 rings (SSSR count). The van der Waals surface area contributed by atoms with Crippen LogP contribution in [0.2, 0.25) is 0 Å². The first-order valence-electron chi connectivity index (χ1n) is 8.83. The van der Waals surface area contributed by atoms with Crippen LogP contribution < -0.4 is 0 Å². The number of aliphatic hydroxyl groups excluding tert-OH is 1. The number of hydrogen-bond donors (Lipinski definition) is 2. The largest absolute Gasteiger partial charge is 0.508 e. The lowest BCUT2D eigenvalue weighted by Crippen LogP contribution is -2.13. The molecule has 2 aromatic rings.